The Kier molecular flexibility index (Phi) is 6.84. The summed E-state index contributed by atoms with van der Waals surface area (Å²) < 4.78 is 6.96. The van der Waals surface area contributed by atoms with Crippen LogP contribution in [0.4, 0.5) is 0 Å². The van der Waals surface area contributed by atoms with E-state index in [0.29, 0.717) is 0 Å². The Morgan fingerprint density at radius 3 is 2.88 bits per heavy atom. The number of aromatic nitrogens is 2. The highest BCUT2D eigenvalue weighted by molar-refractivity contribution is 4.99. The zero-order chi connectivity index (χ0) is 12.5. The van der Waals surface area contributed by atoms with E-state index < -0.39 is 0 Å². The molecule has 0 saturated heterocycles. The number of aryl methyl sites for hydroxylation is 1. The molecule has 1 rings (SSSR count). The molecular formula is C12H24N4O. The Labute approximate surface area is 104 Å². The van der Waals surface area contributed by atoms with Gasteiger partial charge in [0.2, 0.25) is 0 Å². The lowest BCUT2D eigenvalue weighted by atomic mass is 10.4. The van der Waals surface area contributed by atoms with Crippen molar-refractivity contribution < 1.29 is 4.74 Å². The summed E-state index contributed by atoms with van der Waals surface area (Å²) in [5.74, 6) is 0. The molecule has 0 spiro atoms. The summed E-state index contributed by atoms with van der Waals surface area (Å²) >= 11 is 0. The van der Waals surface area contributed by atoms with E-state index in [0.717, 1.165) is 39.3 Å². The predicted octanol–water partition coefficient (Wildman–Crippen LogP) is 0.359. The first-order valence-electron chi connectivity index (χ1n) is 6.09. The van der Waals surface area contributed by atoms with Crippen molar-refractivity contribution in [2.75, 3.05) is 46.9 Å². The van der Waals surface area contributed by atoms with E-state index in [1.165, 1.54) is 5.56 Å². The van der Waals surface area contributed by atoms with Crippen molar-refractivity contribution in [1.82, 2.24) is 20.0 Å². The van der Waals surface area contributed by atoms with Crippen LogP contribution in [0, 0.1) is 6.92 Å². The topological polar surface area (TPSA) is 42.3 Å². The van der Waals surface area contributed by atoms with Crippen molar-refractivity contribution in [3.8, 4) is 0 Å². The molecule has 0 unspecified atom stereocenters. The molecule has 1 aromatic heterocycles. The van der Waals surface area contributed by atoms with E-state index in [4.69, 9.17) is 4.74 Å². The standard InChI is InChI=1S/C12H24N4O/c1-12-10-14-16(11-12)8-7-15(2)6-4-13-5-9-17-3/h10-11,13H,4-9H2,1-3H3. The van der Waals surface area contributed by atoms with Gasteiger partial charge in [-0.2, -0.15) is 5.10 Å². The molecule has 1 heterocycles. The number of likely N-dealkylation sites (N-methyl/N-ethyl adjacent to an activating group) is 1. The molecule has 0 aliphatic rings. The molecule has 5 nitrogen and oxygen atoms in total. The molecule has 5 heteroatoms. The number of rotatable bonds is 9. The normalized spacial score (nSPS) is 11.3. The molecule has 98 valence electrons. The molecule has 1 N–H and O–H groups in total. The molecule has 0 bridgehead atoms. The average molecular weight is 240 g/mol. The van der Waals surface area contributed by atoms with E-state index in [1.807, 2.05) is 10.9 Å². The van der Waals surface area contributed by atoms with Crippen LogP contribution in [0.3, 0.4) is 0 Å². The molecule has 0 radical (unpaired) electrons. The number of hydrogen-bond donors (Lipinski definition) is 1. The molecule has 1 aromatic rings. The van der Waals surface area contributed by atoms with E-state index in [9.17, 15) is 0 Å². The summed E-state index contributed by atoms with van der Waals surface area (Å²) in [6, 6.07) is 0. The van der Waals surface area contributed by atoms with E-state index in [2.05, 4.69) is 35.5 Å². The van der Waals surface area contributed by atoms with Crippen LogP contribution in [0.1, 0.15) is 5.56 Å². The molecule has 0 saturated carbocycles. The van der Waals surface area contributed by atoms with Crippen molar-refractivity contribution in [3.05, 3.63) is 18.0 Å². The fourth-order valence-electron chi connectivity index (χ4n) is 1.54. The average Bonchev–Trinajstić information content (AvgIpc) is 2.72. The molecule has 0 atom stereocenters. The first kappa shape index (κ1) is 14.2. The minimum absolute atomic E-state index is 0.774. The summed E-state index contributed by atoms with van der Waals surface area (Å²) in [5, 5.41) is 7.60. The van der Waals surface area contributed by atoms with Gasteiger partial charge in [-0.25, -0.2) is 0 Å². The summed E-state index contributed by atoms with van der Waals surface area (Å²) in [5.41, 5.74) is 1.22. The second kappa shape index (κ2) is 8.22. The van der Waals surface area contributed by atoms with Crippen molar-refractivity contribution >= 4 is 0 Å². The fourth-order valence-corrected chi connectivity index (χ4v) is 1.54. The second-order valence-corrected chi connectivity index (χ2v) is 4.33. The van der Waals surface area contributed by atoms with E-state index in [-0.39, 0.29) is 0 Å². The van der Waals surface area contributed by atoms with Crippen LogP contribution in [0.15, 0.2) is 12.4 Å². The van der Waals surface area contributed by atoms with Gasteiger partial charge in [0.05, 0.1) is 19.3 Å². The maximum atomic E-state index is 4.97. The Morgan fingerprint density at radius 2 is 2.24 bits per heavy atom. The monoisotopic (exact) mass is 240 g/mol. The van der Waals surface area contributed by atoms with Crippen molar-refractivity contribution in [3.63, 3.8) is 0 Å². The molecule has 0 aliphatic carbocycles. The Bertz CT molecular complexity index is 300. The lowest BCUT2D eigenvalue weighted by Gasteiger charge is -2.16. The smallest absolute Gasteiger partial charge is 0.0587 e. The SMILES string of the molecule is COCCNCCN(C)CCn1cc(C)cn1. The minimum atomic E-state index is 0.774. The number of nitrogens with zero attached hydrogens (tertiary/aromatic N) is 3. The zero-order valence-electron chi connectivity index (χ0n) is 11.1. The van der Waals surface area contributed by atoms with Gasteiger partial charge in [0.15, 0.2) is 0 Å². The minimum Gasteiger partial charge on any atom is -0.383 e. The van der Waals surface area contributed by atoms with Gasteiger partial charge in [0.1, 0.15) is 0 Å². The molecule has 0 amide bonds. The van der Waals surface area contributed by atoms with E-state index in [1.54, 1.807) is 7.11 Å². The second-order valence-electron chi connectivity index (χ2n) is 4.33. The maximum Gasteiger partial charge on any atom is 0.0587 e. The van der Waals surface area contributed by atoms with E-state index >= 15 is 0 Å². The first-order valence-corrected chi connectivity index (χ1v) is 6.09. The van der Waals surface area contributed by atoms with Crippen molar-refractivity contribution in [2.24, 2.45) is 0 Å². The number of nitrogens with one attached hydrogen (secondary N) is 1. The van der Waals surface area contributed by atoms with Crippen LogP contribution in [-0.2, 0) is 11.3 Å². The summed E-state index contributed by atoms with van der Waals surface area (Å²) in [7, 11) is 3.86. The van der Waals surface area contributed by atoms with Gasteiger partial charge in [-0.1, -0.05) is 0 Å². The van der Waals surface area contributed by atoms with Gasteiger partial charge >= 0.3 is 0 Å². The van der Waals surface area contributed by atoms with Crippen molar-refractivity contribution in [1.29, 1.82) is 0 Å². The van der Waals surface area contributed by atoms with Gasteiger partial charge in [0, 0.05) is 39.5 Å². The summed E-state index contributed by atoms with van der Waals surface area (Å²) in [6.45, 7) is 7.77. The van der Waals surface area contributed by atoms with Gasteiger partial charge < -0.3 is 15.0 Å². The highest BCUT2D eigenvalue weighted by atomic mass is 16.5. The molecule has 17 heavy (non-hydrogen) atoms. The van der Waals surface area contributed by atoms with Gasteiger partial charge in [-0.05, 0) is 19.5 Å². The van der Waals surface area contributed by atoms with Gasteiger partial charge in [-0.3, -0.25) is 4.68 Å². The molecule has 0 aliphatic heterocycles. The van der Waals surface area contributed by atoms with Crippen LogP contribution in [-0.4, -0.2) is 61.6 Å². The Hall–Kier alpha value is -0.910. The first-order chi connectivity index (χ1) is 8.22. The number of ether oxygens (including phenoxy) is 1. The number of methoxy groups -OCH3 is 1. The lowest BCUT2D eigenvalue weighted by Crippen LogP contribution is -2.32. The van der Waals surface area contributed by atoms with Crippen LogP contribution < -0.4 is 5.32 Å². The van der Waals surface area contributed by atoms with Gasteiger partial charge in [0.25, 0.3) is 0 Å². The number of hydrogen-bond acceptors (Lipinski definition) is 4. The van der Waals surface area contributed by atoms with Gasteiger partial charge in [-0.15, -0.1) is 0 Å². The summed E-state index contributed by atoms with van der Waals surface area (Å²) in [6.07, 6.45) is 3.97. The Morgan fingerprint density at radius 1 is 1.41 bits per heavy atom. The highest BCUT2D eigenvalue weighted by Gasteiger charge is 1.99. The predicted molar refractivity (Wildman–Crippen MR) is 69.2 cm³/mol. The third-order valence-electron chi connectivity index (χ3n) is 2.63. The Balaban J connectivity index is 2.03. The fraction of sp³-hybridized carbons (Fsp3) is 0.750. The quantitative estimate of drug-likeness (QED) is 0.633. The maximum absolute atomic E-state index is 4.97. The third-order valence-corrected chi connectivity index (χ3v) is 2.63. The third kappa shape index (κ3) is 6.41. The molecule has 0 aromatic carbocycles. The molecular weight excluding hydrogens is 216 g/mol. The highest BCUT2D eigenvalue weighted by Crippen LogP contribution is 1.94. The van der Waals surface area contributed by atoms with Crippen LogP contribution in [0.2, 0.25) is 0 Å². The van der Waals surface area contributed by atoms with Crippen molar-refractivity contribution in [2.45, 2.75) is 13.5 Å². The molecule has 0 fully saturated rings. The van der Waals surface area contributed by atoms with Crippen LogP contribution in [0.5, 0.6) is 0 Å². The lowest BCUT2D eigenvalue weighted by molar-refractivity contribution is 0.197. The zero-order valence-corrected chi connectivity index (χ0v) is 11.1. The largest absolute Gasteiger partial charge is 0.383 e. The van der Waals surface area contributed by atoms with Crippen LogP contribution in [0.25, 0.3) is 0 Å². The van der Waals surface area contributed by atoms with Crippen LogP contribution >= 0.6 is 0 Å². The summed E-state index contributed by atoms with van der Waals surface area (Å²) in [4.78, 5) is 2.30.